The summed E-state index contributed by atoms with van der Waals surface area (Å²) in [5.74, 6) is 0.182. The van der Waals surface area contributed by atoms with E-state index in [2.05, 4.69) is 10.3 Å². The molecule has 1 aliphatic rings. The number of nitrogens with zero attached hydrogens (tertiary/aromatic N) is 2. The number of hydrogen-bond donors (Lipinski definition) is 1. The summed E-state index contributed by atoms with van der Waals surface area (Å²) >= 11 is 1.45. The first-order valence-corrected chi connectivity index (χ1v) is 10.0. The van der Waals surface area contributed by atoms with Crippen molar-refractivity contribution in [2.45, 2.75) is 33.1 Å². The fourth-order valence-electron chi connectivity index (χ4n) is 3.18. The van der Waals surface area contributed by atoms with E-state index in [1.165, 1.54) is 11.3 Å². The molecular weight excluding hydrogens is 346 g/mol. The molecule has 0 atom stereocenters. The normalized spacial score (nSPS) is 15.1. The van der Waals surface area contributed by atoms with Gasteiger partial charge in [0, 0.05) is 31.1 Å². The van der Waals surface area contributed by atoms with E-state index in [4.69, 9.17) is 0 Å². The quantitative estimate of drug-likeness (QED) is 0.875. The van der Waals surface area contributed by atoms with Crippen LogP contribution in [0.2, 0.25) is 0 Å². The molecule has 2 amide bonds. The van der Waals surface area contributed by atoms with Crippen molar-refractivity contribution in [2.24, 2.45) is 5.92 Å². The summed E-state index contributed by atoms with van der Waals surface area (Å²) in [6, 6.07) is 9.93. The molecule has 0 bridgehead atoms. The van der Waals surface area contributed by atoms with Crippen LogP contribution in [0.4, 0.5) is 0 Å². The van der Waals surface area contributed by atoms with Crippen LogP contribution >= 0.6 is 11.3 Å². The molecule has 138 valence electrons. The number of aromatic nitrogens is 1. The highest BCUT2D eigenvalue weighted by molar-refractivity contribution is 7.17. The van der Waals surface area contributed by atoms with Crippen molar-refractivity contribution in [3.63, 3.8) is 0 Å². The van der Waals surface area contributed by atoms with Crippen molar-refractivity contribution in [1.29, 1.82) is 0 Å². The average Bonchev–Trinajstić information content (AvgIpc) is 3.08. The fraction of sp³-hybridized carbons (Fsp3) is 0.450. The minimum atomic E-state index is 0.0213. The van der Waals surface area contributed by atoms with Crippen LogP contribution in [0.5, 0.6) is 0 Å². The van der Waals surface area contributed by atoms with Gasteiger partial charge in [-0.3, -0.25) is 9.59 Å². The molecule has 1 saturated heterocycles. The largest absolute Gasteiger partial charge is 0.356 e. The van der Waals surface area contributed by atoms with Gasteiger partial charge in [0.2, 0.25) is 5.91 Å². The molecule has 1 aromatic carbocycles. The van der Waals surface area contributed by atoms with Gasteiger partial charge in [0.1, 0.15) is 9.88 Å². The summed E-state index contributed by atoms with van der Waals surface area (Å²) in [6.45, 7) is 5.91. The highest BCUT2D eigenvalue weighted by Crippen LogP contribution is 2.29. The van der Waals surface area contributed by atoms with Crippen LogP contribution < -0.4 is 5.32 Å². The Hall–Kier alpha value is -2.21. The SMILES string of the molecule is CCCNC(=O)C1CCN(C(=O)c2sc(-c3ccccc3)nc2C)CC1. The molecule has 2 heterocycles. The maximum absolute atomic E-state index is 12.9. The van der Waals surface area contributed by atoms with Crippen molar-refractivity contribution >= 4 is 23.2 Å². The zero-order chi connectivity index (χ0) is 18.5. The monoisotopic (exact) mass is 371 g/mol. The first-order valence-electron chi connectivity index (χ1n) is 9.20. The summed E-state index contributed by atoms with van der Waals surface area (Å²) in [6.07, 6.45) is 2.40. The number of benzene rings is 1. The average molecular weight is 372 g/mol. The fourth-order valence-corrected chi connectivity index (χ4v) is 4.22. The standard InChI is InChI=1S/C20H25N3O2S/c1-3-11-21-18(24)15-9-12-23(13-10-15)20(25)17-14(2)22-19(26-17)16-7-5-4-6-8-16/h4-8,15H,3,9-13H2,1-2H3,(H,21,24). The Morgan fingerprint density at radius 1 is 1.23 bits per heavy atom. The lowest BCUT2D eigenvalue weighted by molar-refractivity contribution is -0.126. The second-order valence-corrected chi connectivity index (χ2v) is 7.66. The van der Waals surface area contributed by atoms with E-state index in [1.807, 2.05) is 49.1 Å². The van der Waals surface area contributed by atoms with Crippen LogP contribution in [0.3, 0.4) is 0 Å². The molecule has 0 aliphatic carbocycles. The molecule has 0 radical (unpaired) electrons. The maximum atomic E-state index is 12.9. The van der Waals surface area contributed by atoms with Crippen LogP contribution in [0.25, 0.3) is 10.6 Å². The number of rotatable bonds is 5. The first-order chi connectivity index (χ1) is 12.6. The molecule has 6 heteroatoms. The van der Waals surface area contributed by atoms with Gasteiger partial charge in [-0.05, 0) is 26.2 Å². The lowest BCUT2D eigenvalue weighted by Gasteiger charge is -2.31. The molecule has 1 N–H and O–H groups in total. The Labute approximate surface area is 158 Å². The Morgan fingerprint density at radius 3 is 2.58 bits per heavy atom. The van der Waals surface area contributed by atoms with Gasteiger partial charge in [0.15, 0.2) is 0 Å². The van der Waals surface area contributed by atoms with Gasteiger partial charge in [0.25, 0.3) is 5.91 Å². The molecular formula is C20H25N3O2S. The number of amides is 2. The van der Waals surface area contributed by atoms with E-state index >= 15 is 0 Å². The maximum Gasteiger partial charge on any atom is 0.265 e. The van der Waals surface area contributed by atoms with Gasteiger partial charge >= 0.3 is 0 Å². The van der Waals surface area contributed by atoms with Crippen molar-refractivity contribution in [1.82, 2.24) is 15.2 Å². The number of hydrogen-bond acceptors (Lipinski definition) is 4. The van der Waals surface area contributed by atoms with Crippen LogP contribution in [-0.4, -0.2) is 41.3 Å². The summed E-state index contributed by atoms with van der Waals surface area (Å²) < 4.78 is 0. The molecule has 5 nitrogen and oxygen atoms in total. The molecule has 3 rings (SSSR count). The topological polar surface area (TPSA) is 62.3 Å². The van der Waals surface area contributed by atoms with Crippen molar-refractivity contribution in [3.05, 3.63) is 40.9 Å². The molecule has 0 unspecified atom stereocenters. The Bertz CT molecular complexity index is 765. The predicted octanol–water partition coefficient (Wildman–Crippen LogP) is 3.50. The van der Waals surface area contributed by atoms with Gasteiger partial charge in [-0.15, -0.1) is 11.3 Å². The Kier molecular flexibility index (Phi) is 6.04. The minimum Gasteiger partial charge on any atom is -0.356 e. The molecule has 1 aromatic heterocycles. The van der Waals surface area contributed by atoms with E-state index in [1.54, 1.807) is 0 Å². The highest BCUT2D eigenvalue weighted by Gasteiger charge is 2.29. The molecule has 26 heavy (non-hydrogen) atoms. The second kappa shape index (κ2) is 8.45. The third kappa shape index (κ3) is 4.12. The number of thiazole rings is 1. The van der Waals surface area contributed by atoms with Gasteiger partial charge in [-0.25, -0.2) is 4.98 Å². The number of aryl methyl sites for hydroxylation is 1. The van der Waals surface area contributed by atoms with E-state index < -0.39 is 0 Å². The lowest BCUT2D eigenvalue weighted by atomic mass is 9.95. The highest BCUT2D eigenvalue weighted by atomic mass is 32.1. The Balaban J connectivity index is 1.64. The number of likely N-dealkylation sites (tertiary alicyclic amines) is 1. The third-order valence-corrected chi connectivity index (χ3v) is 5.91. The van der Waals surface area contributed by atoms with Crippen LogP contribution in [0, 0.1) is 12.8 Å². The molecule has 0 spiro atoms. The van der Waals surface area contributed by atoms with Crippen LogP contribution in [0.1, 0.15) is 41.6 Å². The van der Waals surface area contributed by atoms with Gasteiger partial charge in [-0.1, -0.05) is 37.3 Å². The summed E-state index contributed by atoms with van der Waals surface area (Å²) in [5, 5.41) is 3.83. The van der Waals surface area contributed by atoms with Gasteiger partial charge in [-0.2, -0.15) is 0 Å². The Morgan fingerprint density at radius 2 is 1.92 bits per heavy atom. The van der Waals surface area contributed by atoms with Crippen LogP contribution in [-0.2, 0) is 4.79 Å². The molecule has 1 aliphatic heterocycles. The van der Waals surface area contributed by atoms with Gasteiger partial charge < -0.3 is 10.2 Å². The third-order valence-electron chi connectivity index (χ3n) is 4.71. The molecule has 1 fully saturated rings. The molecule has 2 aromatic rings. The van der Waals surface area contributed by atoms with Gasteiger partial charge in [0.05, 0.1) is 5.69 Å². The van der Waals surface area contributed by atoms with E-state index in [0.717, 1.165) is 42.1 Å². The summed E-state index contributed by atoms with van der Waals surface area (Å²) in [7, 11) is 0. The minimum absolute atomic E-state index is 0.0213. The lowest BCUT2D eigenvalue weighted by Crippen LogP contribution is -2.43. The number of carbonyl (C=O) groups excluding carboxylic acids is 2. The smallest absolute Gasteiger partial charge is 0.265 e. The summed E-state index contributed by atoms with van der Waals surface area (Å²) in [4.78, 5) is 32.2. The molecule has 0 saturated carbocycles. The number of piperidine rings is 1. The van der Waals surface area contributed by atoms with E-state index in [-0.39, 0.29) is 17.7 Å². The van der Waals surface area contributed by atoms with Crippen molar-refractivity contribution in [2.75, 3.05) is 19.6 Å². The zero-order valence-electron chi connectivity index (χ0n) is 15.3. The number of carbonyl (C=O) groups is 2. The van der Waals surface area contributed by atoms with E-state index in [9.17, 15) is 9.59 Å². The van der Waals surface area contributed by atoms with Crippen molar-refractivity contribution in [3.8, 4) is 10.6 Å². The number of nitrogens with one attached hydrogen (secondary N) is 1. The van der Waals surface area contributed by atoms with Crippen LogP contribution in [0.15, 0.2) is 30.3 Å². The first kappa shape index (κ1) is 18.6. The summed E-state index contributed by atoms with van der Waals surface area (Å²) in [5.41, 5.74) is 1.81. The zero-order valence-corrected chi connectivity index (χ0v) is 16.1. The van der Waals surface area contributed by atoms with E-state index in [0.29, 0.717) is 18.0 Å². The predicted molar refractivity (Wildman–Crippen MR) is 104 cm³/mol. The van der Waals surface area contributed by atoms with Crippen molar-refractivity contribution < 1.29 is 9.59 Å². The second-order valence-electron chi connectivity index (χ2n) is 6.66.